The number of nitrogens with two attached hydrogens (primary N) is 1. The van der Waals surface area contributed by atoms with Crippen molar-refractivity contribution in [1.29, 1.82) is 0 Å². The summed E-state index contributed by atoms with van der Waals surface area (Å²) in [5.41, 5.74) is 7.18. The lowest BCUT2D eigenvalue weighted by molar-refractivity contribution is 0.121. The molecule has 0 spiro atoms. The zero-order valence-corrected chi connectivity index (χ0v) is 10.9. The predicted molar refractivity (Wildman–Crippen MR) is 68.1 cm³/mol. The van der Waals surface area contributed by atoms with Gasteiger partial charge in [0, 0.05) is 27.2 Å². The maximum absolute atomic E-state index is 8.87. The minimum absolute atomic E-state index is 0.0940. The average molecular weight is 253 g/mol. The number of nitrogens with zero attached hydrogens (tertiary/aromatic N) is 4. The SMILES string of the molecule is COC1CCN(c2c(C(N)=NO)c(C)nn2C)C1. The molecule has 0 saturated carbocycles. The molecular formula is C11H19N5O2. The molecule has 0 radical (unpaired) electrons. The molecule has 1 aromatic rings. The third-order valence-electron chi connectivity index (χ3n) is 3.33. The first kappa shape index (κ1) is 12.7. The van der Waals surface area contributed by atoms with Gasteiger partial charge in [-0.3, -0.25) is 4.68 Å². The maximum atomic E-state index is 8.87. The van der Waals surface area contributed by atoms with Crippen molar-refractivity contribution < 1.29 is 9.94 Å². The van der Waals surface area contributed by atoms with E-state index in [1.807, 2.05) is 14.0 Å². The molecule has 1 aliphatic rings. The third kappa shape index (κ3) is 2.01. The Balaban J connectivity index is 2.38. The van der Waals surface area contributed by atoms with Crippen molar-refractivity contribution >= 4 is 11.7 Å². The van der Waals surface area contributed by atoms with E-state index in [9.17, 15) is 0 Å². The van der Waals surface area contributed by atoms with Crippen molar-refractivity contribution in [2.24, 2.45) is 17.9 Å². The third-order valence-corrected chi connectivity index (χ3v) is 3.33. The largest absolute Gasteiger partial charge is 0.409 e. The molecule has 1 aliphatic heterocycles. The van der Waals surface area contributed by atoms with Gasteiger partial charge in [0.1, 0.15) is 5.82 Å². The number of amidine groups is 1. The van der Waals surface area contributed by atoms with Crippen molar-refractivity contribution in [3.63, 3.8) is 0 Å². The average Bonchev–Trinajstić information content (AvgIpc) is 2.92. The van der Waals surface area contributed by atoms with Crippen LogP contribution in [0.5, 0.6) is 0 Å². The number of anilines is 1. The van der Waals surface area contributed by atoms with Crippen LogP contribution in [0, 0.1) is 6.92 Å². The molecule has 1 saturated heterocycles. The molecule has 1 atom stereocenters. The van der Waals surface area contributed by atoms with Crippen LogP contribution in [0.1, 0.15) is 17.7 Å². The Bertz CT molecular complexity index is 468. The van der Waals surface area contributed by atoms with Crippen LogP contribution in [-0.4, -0.2) is 47.1 Å². The number of hydrogen-bond acceptors (Lipinski definition) is 5. The standard InChI is InChI=1S/C11H19N5O2/c1-7-9(10(12)14-17)11(15(2)13-7)16-5-4-8(6-16)18-3/h8,17H,4-6H2,1-3H3,(H2,12,14). The number of ether oxygens (including phenoxy) is 1. The van der Waals surface area contributed by atoms with E-state index in [1.54, 1.807) is 11.8 Å². The molecule has 100 valence electrons. The highest BCUT2D eigenvalue weighted by Crippen LogP contribution is 2.27. The van der Waals surface area contributed by atoms with Gasteiger partial charge < -0.3 is 20.6 Å². The number of aryl methyl sites for hydroxylation is 2. The number of aromatic nitrogens is 2. The normalized spacial score (nSPS) is 20.7. The Morgan fingerprint density at radius 1 is 1.61 bits per heavy atom. The lowest BCUT2D eigenvalue weighted by Crippen LogP contribution is -2.27. The molecule has 0 bridgehead atoms. The molecule has 7 nitrogen and oxygen atoms in total. The van der Waals surface area contributed by atoms with Gasteiger partial charge in [-0.2, -0.15) is 5.10 Å². The molecule has 1 unspecified atom stereocenters. The van der Waals surface area contributed by atoms with Crippen molar-refractivity contribution in [1.82, 2.24) is 9.78 Å². The monoisotopic (exact) mass is 253 g/mol. The quantitative estimate of drug-likeness (QED) is 0.344. The molecule has 7 heteroatoms. The first-order chi connectivity index (χ1) is 8.58. The first-order valence-electron chi connectivity index (χ1n) is 5.87. The summed E-state index contributed by atoms with van der Waals surface area (Å²) in [4.78, 5) is 2.15. The molecule has 0 aromatic carbocycles. The highest BCUT2D eigenvalue weighted by atomic mass is 16.5. The van der Waals surface area contributed by atoms with E-state index in [2.05, 4.69) is 15.2 Å². The molecule has 0 amide bonds. The van der Waals surface area contributed by atoms with Crippen LogP contribution < -0.4 is 10.6 Å². The predicted octanol–water partition coefficient (Wildman–Crippen LogP) is 0.0481. The van der Waals surface area contributed by atoms with Crippen LogP contribution in [0.4, 0.5) is 5.82 Å². The zero-order chi connectivity index (χ0) is 13.3. The Morgan fingerprint density at radius 2 is 2.33 bits per heavy atom. The highest BCUT2D eigenvalue weighted by Gasteiger charge is 2.28. The second-order valence-electron chi connectivity index (χ2n) is 4.49. The summed E-state index contributed by atoms with van der Waals surface area (Å²) in [5.74, 6) is 0.971. The summed E-state index contributed by atoms with van der Waals surface area (Å²) < 4.78 is 7.12. The summed E-state index contributed by atoms with van der Waals surface area (Å²) in [5, 5.41) is 16.3. The molecule has 3 N–H and O–H groups in total. The first-order valence-corrected chi connectivity index (χ1v) is 5.87. The maximum Gasteiger partial charge on any atom is 0.175 e. The highest BCUT2D eigenvalue weighted by molar-refractivity contribution is 6.02. The van der Waals surface area contributed by atoms with Crippen LogP contribution in [0.25, 0.3) is 0 Å². The second-order valence-corrected chi connectivity index (χ2v) is 4.49. The minimum atomic E-state index is 0.0940. The van der Waals surface area contributed by atoms with Gasteiger partial charge >= 0.3 is 0 Å². The summed E-state index contributed by atoms with van der Waals surface area (Å²) >= 11 is 0. The summed E-state index contributed by atoms with van der Waals surface area (Å²) in [6.07, 6.45) is 1.19. The second kappa shape index (κ2) is 4.85. The van der Waals surface area contributed by atoms with Crippen LogP contribution in [0.15, 0.2) is 5.16 Å². The van der Waals surface area contributed by atoms with Crippen LogP contribution >= 0.6 is 0 Å². The molecule has 1 fully saturated rings. The molecule has 18 heavy (non-hydrogen) atoms. The van der Waals surface area contributed by atoms with Crippen molar-refractivity contribution in [2.45, 2.75) is 19.4 Å². The molecule has 2 heterocycles. The number of oxime groups is 1. The van der Waals surface area contributed by atoms with E-state index < -0.39 is 0 Å². The number of hydrogen-bond donors (Lipinski definition) is 2. The lowest BCUT2D eigenvalue weighted by atomic mass is 10.2. The Labute approximate surface area is 106 Å². The van der Waals surface area contributed by atoms with E-state index in [0.717, 1.165) is 31.0 Å². The molecular weight excluding hydrogens is 234 g/mol. The van der Waals surface area contributed by atoms with Crippen LogP contribution in [-0.2, 0) is 11.8 Å². The Kier molecular flexibility index (Phi) is 3.42. The van der Waals surface area contributed by atoms with Crippen LogP contribution in [0.3, 0.4) is 0 Å². The van der Waals surface area contributed by atoms with E-state index in [0.29, 0.717) is 5.56 Å². The molecule has 0 aliphatic carbocycles. The van der Waals surface area contributed by atoms with Gasteiger partial charge in [-0.15, -0.1) is 0 Å². The van der Waals surface area contributed by atoms with Gasteiger partial charge in [-0.05, 0) is 13.3 Å². The van der Waals surface area contributed by atoms with Gasteiger partial charge in [-0.25, -0.2) is 0 Å². The van der Waals surface area contributed by atoms with Gasteiger partial charge in [0.15, 0.2) is 5.84 Å². The summed E-state index contributed by atoms with van der Waals surface area (Å²) in [6, 6.07) is 0. The van der Waals surface area contributed by atoms with E-state index in [4.69, 9.17) is 15.7 Å². The zero-order valence-electron chi connectivity index (χ0n) is 10.9. The van der Waals surface area contributed by atoms with Gasteiger partial charge in [0.2, 0.25) is 0 Å². The van der Waals surface area contributed by atoms with Crippen molar-refractivity contribution in [2.75, 3.05) is 25.1 Å². The number of rotatable bonds is 3. The van der Waals surface area contributed by atoms with Gasteiger partial charge in [-0.1, -0.05) is 5.16 Å². The fourth-order valence-electron chi connectivity index (χ4n) is 2.47. The van der Waals surface area contributed by atoms with E-state index in [-0.39, 0.29) is 11.9 Å². The van der Waals surface area contributed by atoms with Gasteiger partial charge in [0.05, 0.1) is 17.4 Å². The smallest absolute Gasteiger partial charge is 0.175 e. The van der Waals surface area contributed by atoms with E-state index in [1.165, 1.54) is 0 Å². The van der Waals surface area contributed by atoms with E-state index >= 15 is 0 Å². The molecule has 2 rings (SSSR count). The van der Waals surface area contributed by atoms with Gasteiger partial charge in [0.25, 0.3) is 0 Å². The van der Waals surface area contributed by atoms with Crippen molar-refractivity contribution in [3.05, 3.63) is 11.3 Å². The summed E-state index contributed by atoms with van der Waals surface area (Å²) in [7, 11) is 3.57. The molecule has 1 aromatic heterocycles. The minimum Gasteiger partial charge on any atom is -0.409 e. The Morgan fingerprint density at radius 3 is 2.89 bits per heavy atom. The lowest BCUT2D eigenvalue weighted by Gasteiger charge is -2.19. The fourth-order valence-corrected chi connectivity index (χ4v) is 2.47. The number of methoxy groups -OCH3 is 1. The fraction of sp³-hybridized carbons (Fsp3) is 0.636. The van der Waals surface area contributed by atoms with Crippen LogP contribution in [0.2, 0.25) is 0 Å². The Hall–Kier alpha value is -1.76. The van der Waals surface area contributed by atoms with Crippen molar-refractivity contribution in [3.8, 4) is 0 Å². The summed E-state index contributed by atoms with van der Waals surface area (Å²) in [6.45, 7) is 3.52. The topological polar surface area (TPSA) is 88.9 Å².